The van der Waals surface area contributed by atoms with Crippen molar-refractivity contribution in [2.24, 2.45) is 11.3 Å². The molecular weight excluding hydrogens is 283 g/mol. The quantitative estimate of drug-likeness (QED) is 0.607. The summed E-state index contributed by atoms with van der Waals surface area (Å²) in [6.45, 7) is 2.44. The maximum absolute atomic E-state index is 2.46. The van der Waals surface area contributed by atoms with Gasteiger partial charge in [0, 0.05) is 3.58 Å². The molecule has 14 heavy (non-hydrogen) atoms. The van der Waals surface area contributed by atoms with Crippen LogP contribution in [0, 0.1) is 11.3 Å². The van der Waals surface area contributed by atoms with Crippen molar-refractivity contribution in [1.29, 1.82) is 0 Å². The molecule has 0 N–H and O–H groups in total. The predicted molar refractivity (Wildman–Crippen MR) is 70.5 cm³/mol. The molecule has 0 aromatic rings. The van der Waals surface area contributed by atoms with Crippen molar-refractivity contribution in [3.63, 3.8) is 0 Å². The topological polar surface area (TPSA) is 0 Å². The number of rotatable bonds is 1. The minimum atomic E-state index is 0.467. The standard InChI is InChI=1S/C13H19I/c1-13(9-7-12(14)8-10-13)11-5-3-2-4-6-11/h7-9,11H,2-6,10H2,1H3. The van der Waals surface area contributed by atoms with Crippen molar-refractivity contribution in [2.75, 3.05) is 0 Å². The van der Waals surface area contributed by atoms with Crippen LogP contribution in [-0.4, -0.2) is 0 Å². The van der Waals surface area contributed by atoms with E-state index in [1.807, 2.05) is 0 Å². The largest absolute Gasteiger partial charge is 0.0770 e. The van der Waals surface area contributed by atoms with Gasteiger partial charge in [0.1, 0.15) is 0 Å². The van der Waals surface area contributed by atoms with Crippen LogP contribution in [0.15, 0.2) is 21.8 Å². The summed E-state index contributed by atoms with van der Waals surface area (Å²) in [5, 5.41) is 0. The Balaban J connectivity index is 2.05. The fourth-order valence-corrected chi connectivity index (χ4v) is 3.19. The van der Waals surface area contributed by atoms with Crippen molar-refractivity contribution < 1.29 is 0 Å². The summed E-state index contributed by atoms with van der Waals surface area (Å²) >= 11 is 2.42. The first-order valence-electron chi connectivity index (χ1n) is 5.76. The molecule has 0 aromatic heterocycles. The molecule has 0 aromatic carbocycles. The first-order chi connectivity index (χ1) is 6.71. The summed E-state index contributed by atoms with van der Waals surface area (Å²) in [5.41, 5.74) is 0.467. The Kier molecular flexibility index (Phi) is 3.35. The van der Waals surface area contributed by atoms with Gasteiger partial charge in [-0.3, -0.25) is 0 Å². The van der Waals surface area contributed by atoms with E-state index in [4.69, 9.17) is 0 Å². The van der Waals surface area contributed by atoms with Crippen molar-refractivity contribution in [3.8, 4) is 0 Å². The maximum atomic E-state index is 2.46. The molecule has 0 radical (unpaired) electrons. The predicted octanol–water partition coefficient (Wildman–Crippen LogP) is 4.85. The summed E-state index contributed by atoms with van der Waals surface area (Å²) in [6.07, 6.45) is 15.7. The van der Waals surface area contributed by atoms with E-state index in [0.29, 0.717) is 5.41 Å². The zero-order valence-electron chi connectivity index (χ0n) is 8.93. The molecule has 1 heteroatoms. The third kappa shape index (κ3) is 2.23. The van der Waals surface area contributed by atoms with Crippen LogP contribution in [0.3, 0.4) is 0 Å². The van der Waals surface area contributed by atoms with Crippen LogP contribution >= 0.6 is 22.6 Å². The zero-order chi connectivity index (χ0) is 10.0. The molecule has 0 nitrogen and oxygen atoms in total. The summed E-state index contributed by atoms with van der Waals surface area (Å²) in [4.78, 5) is 0. The monoisotopic (exact) mass is 302 g/mol. The molecule has 78 valence electrons. The van der Waals surface area contributed by atoms with Gasteiger partial charge in [-0.15, -0.1) is 0 Å². The normalized spacial score (nSPS) is 34.3. The molecule has 0 amide bonds. The number of hydrogen-bond acceptors (Lipinski definition) is 0. The fraction of sp³-hybridized carbons (Fsp3) is 0.692. The smallest absolute Gasteiger partial charge is 0.00873 e. The second kappa shape index (κ2) is 4.38. The van der Waals surface area contributed by atoms with Crippen LogP contribution in [0.5, 0.6) is 0 Å². The molecule has 0 aliphatic heterocycles. The van der Waals surface area contributed by atoms with Gasteiger partial charge in [-0.2, -0.15) is 0 Å². The third-order valence-electron chi connectivity index (χ3n) is 3.90. The van der Waals surface area contributed by atoms with E-state index in [1.54, 1.807) is 0 Å². The first-order valence-corrected chi connectivity index (χ1v) is 6.83. The van der Waals surface area contributed by atoms with Crippen molar-refractivity contribution in [2.45, 2.75) is 45.4 Å². The second-order valence-electron chi connectivity index (χ2n) is 4.97. The van der Waals surface area contributed by atoms with Crippen LogP contribution in [0.4, 0.5) is 0 Å². The summed E-state index contributed by atoms with van der Waals surface area (Å²) in [6, 6.07) is 0. The zero-order valence-corrected chi connectivity index (χ0v) is 11.1. The van der Waals surface area contributed by atoms with Gasteiger partial charge in [-0.25, -0.2) is 0 Å². The SMILES string of the molecule is CC1(C2CCCCC2)C=CC(I)=CC1. The third-order valence-corrected chi connectivity index (χ3v) is 4.70. The molecule has 1 unspecified atom stereocenters. The average molecular weight is 302 g/mol. The molecule has 2 aliphatic rings. The van der Waals surface area contributed by atoms with Crippen LogP contribution in [0.2, 0.25) is 0 Å². The Morgan fingerprint density at radius 2 is 2.00 bits per heavy atom. The van der Waals surface area contributed by atoms with Gasteiger partial charge in [-0.1, -0.05) is 44.4 Å². The molecule has 2 aliphatic carbocycles. The number of hydrogen-bond donors (Lipinski definition) is 0. The van der Waals surface area contributed by atoms with Crippen LogP contribution in [0.25, 0.3) is 0 Å². The van der Waals surface area contributed by atoms with E-state index >= 15 is 0 Å². The van der Waals surface area contributed by atoms with E-state index in [-0.39, 0.29) is 0 Å². The summed E-state index contributed by atoms with van der Waals surface area (Å²) in [7, 11) is 0. The lowest BCUT2D eigenvalue weighted by Gasteiger charge is -2.38. The molecule has 0 bridgehead atoms. The highest BCUT2D eigenvalue weighted by Crippen LogP contribution is 2.44. The van der Waals surface area contributed by atoms with E-state index in [1.165, 1.54) is 42.1 Å². The molecule has 0 heterocycles. The highest BCUT2D eigenvalue weighted by molar-refractivity contribution is 14.1. The minimum absolute atomic E-state index is 0.467. The lowest BCUT2D eigenvalue weighted by Crippen LogP contribution is -2.27. The van der Waals surface area contributed by atoms with Gasteiger partial charge in [0.25, 0.3) is 0 Å². The van der Waals surface area contributed by atoms with E-state index in [9.17, 15) is 0 Å². The van der Waals surface area contributed by atoms with Crippen molar-refractivity contribution in [1.82, 2.24) is 0 Å². The Bertz CT molecular complexity index is 258. The Hall–Kier alpha value is 0.210. The van der Waals surface area contributed by atoms with Crippen LogP contribution in [-0.2, 0) is 0 Å². The molecular formula is C13H19I. The second-order valence-corrected chi connectivity index (χ2v) is 6.21. The van der Waals surface area contributed by atoms with E-state index < -0.39 is 0 Å². The molecule has 2 rings (SSSR count). The Labute approximate surface area is 101 Å². The van der Waals surface area contributed by atoms with Gasteiger partial charge >= 0.3 is 0 Å². The van der Waals surface area contributed by atoms with Gasteiger partial charge in [0.15, 0.2) is 0 Å². The molecule has 1 atom stereocenters. The highest BCUT2D eigenvalue weighted by Gasteiger charge is 2.32. The van der Waals surface area contributed by atoms with Crippen LogP contribution in [0.1, 0.15) is 45.4 Å². The summed E-state index contributed by atoms with van der Waals surface area (Å²) < 4.78 is 1.41. The summed E-state index contributed by atoms with van der Waals surface area (Å²) in [5.74, 6) is 0.938. The Morgan fingerprint density at radius 3 is 2.57 bits per heavy atom. The van der Waals surface area contributed by atoms with Gasteiger partial charge in [0.05, 0.1) is 0 Å². The number of halogens is 1. The van der Waals surface area contributed by atoms with Gasteiger partial charge in [-0.05, 0) is 53.2 Å². The average Bonchev–Trinajstić information content (AvgIpc) is 2.24. The first kappa shape index (κ1) is 10.7. The van der Waals surface area contributed by atoms with Gasteiger partial charge < -0.3 is 0 Å². The molecule has 1 saturated carbocycles. The van der Waals surface area contributed by atoms with Crippen molar-refractivity contribution in [3.05, 3.63) is 21.8 Å². The molecule has 0 saturated heterocycles. The lowest BCUT2D eigenvalue weighted by atomic mass is 9.67. The fourth-order valence-electron chi connectivity index (χ4n) is 2.79. The van der Waals surface area contributed by atoms with E-state index in [0.717, 1.165) is 5.92 Å². The molecule has 1 fully saturated rings. The number of allylic oxidation sites excluding steroid dienone is 4. The lowest BCUT2D eigenvalue weighted by molar-refractivity contribution is 0.191. The van der Waals surface area contributed by atoms with Crippen molar-refractivity contribution >= 4 is 22.6 Å². The van der Waals surface area contributed by atoms with E-state index in [2.05, 4.69) is 47.7 Å². The van der Waals surface area contributed by atoms with Gasteiger partial charge in [0.2, 0.25) is 0 Å². The highest BCUT2D eigenvalue weighted by atomic mass is 127. The minimum Gasteiger partial charge on any atom is -0.0770 e. The van der Waals surface area contributed by atoms with Crippen LogP contribution < -0.4 is 0 Å². The Morgan fingerprint density at radius 1 is 1.29 bits per heavy atom. The molecule has 0 spiro atoms. The maximum Gasteiger partial charge on any atom is 0.00873 e.